The van der Waals surface area contributed by atoms with Gasteiger partial charge in [0.25, 0.3) is 0 Å². The molecule has 0 saturated heterocycles. The van der Waals surface area contributed by atoms with Crippen LogP contribution in [0.2, 0.25) is 0 Å². The summed E-state index contributed by atoms with van der Waals surface area (Å²) < 4.78 is 8.37. The van der Waals surface area contributed by atoms with E-state index in [4.69, 9.17) is 4.74 Å². The van der Waals surface area contributed by atoms with Crippen molar-refractivity contribution in [2.45, 2.75) is 19.4 Å². The van der Waals surface area contributed by atoms with E-state index in [1.807, 2.05) is 37.4 Å². The van der Waals surface area contributed by atoms with E-state index in [0.717, 1.165) is 29.0 Å². The third-order valence-corrected chi connectivity index (χ3v) is 3.52. The van der Waals surface area contributed by atoms with Gasteiger partial charge in [-0.2, -0.15) is 0 Å². The van der Waals surface area contributed by atoms with Crippen LogP contribution < -0.4 is 10.1 Å². The predicted molar refractivity (Wildman–Crippen MR) is 81.7 cm³/mol. The maximum absolute atomic E-state index is 5.85. The molecule has 1 N–H and O–H groups in total. The average Bonchev–Trinajstić information content (AvgIpc) is 2.80. The van der Waals surface area contributed by atoms with Crippen molar-refractivity contribution in [3.63, 3.8) is 0 Å². The van der Waals surface area contributed by atoms with E-state index in [1.165, 1.54) is 0 Å². The van der Waals surface area contributed by atoms with Crippen LogP contribution in [-0.2, 0) is 7.05 Å². The lowest BCUT2D eigenvalue weighted by atomic mass is 10.2. The Hall–Kier alpha value is -1.40. The third-order valence-electron chi connectivity index (χ3n) is 2.96. The molecule has 0 saturated carbocycles. The fourth-order valence-corrected chi connectivity index (χ4v) is 2.56. The summed E-state index contributed by atoms with van der Waals surface area (Å²) in [5, 5.41) is 11.5. The summed E-state index contributed by atoms with van der Waals surface area (Å²) in [5.74, 6) is 0.863. The summed E-state index contributed by atoms with van der Waals surface area (Å²) in [6.07, 6.45) is 1.06. The summed E-state index contributed by atoms with van der Waals surface area (Å²) in [7, 11) is 1.89. The molecule has 2 aromatic rings. The molecule has 1 aromatic heterocycles. The average molecular weight is 339 g/mol. The number of para-hydroxylation sites is 1. The predicted octanol–water partition coefficient (Wildman–Crippen LogP) is 2.70. The lowest BCUT2D eigenvalue weighted by Crippen LogP contribution is -2.29. The van der Waals surface area contributed by atoms with Gasteiger partial charge in [0.2, 0.25) is 0 Å². The summed E-state index contributed by atoms with van der Waals surface area (Å²) >= 11 is 3.45. The minimum absolute atomic E-state index is 0.0459. The SMILES string of the molecule is CCCNC(COc1ccccc1)c1c(Br)nnn1C. The van der Waals surface area contributed by atoms with Crippen molar-refractivity contribution in [1.82, 2.24) is 20.3 Å². The Balaban J connectivity index is 2.08. The number of ether oxygens (including phenoxy) is 1. The Bertz CT molecular complexity index is 510. The van der Waals surface area contributed by atoms with Gasteiger partial charge in [0.1, 0.15) is 12.4 Å². The zero-order valence-corrected chi connectivity index (χ0v) is 13.3. The van der Waals surface area contributed by atoms with Crippen LogP contribution in [0.5, 0.6) is 5.75 Å². The number of rotatable bonds is 7. The zero-order valence-electron chi connectivity index (χ0n) is 11.7. The first-order valence-corrected chi connectivity index (χ1v) is 7.48. The van der Waals surface area contributed by atoms with E-state index in [1.54, 1.807) is 4.68 Å². The molecule has 0 radical (unpaired) electrons. The summed E-state index contributed by atoms with van der Waals surface area (Å²) in [5.41, 5.74) is 0.995. The minimum Gasteiger partial charge on any atom is -0.492 e. The van der Waals surface area contributed by atoms with E-state index in [-0.39, 0.29) is 6.04 Å². The van der Waals surface area contributed by atoms with Gasteiger partial charge in [-0.15, -0.1) is 5.10 Å². The Morgan fingerprint density at radius 1 is 1.35 bits per heavy atom. The third kappa shape index (κ3) is 3.80. The van der Waals surface area contributed by atoms with Crippen LogP contribution in [-0.4, -0.2) is 28.1 Å². The summed E-state index contributed by atoms with van der Waals surface area (Å²) in [6, 6.07) is 9.85. The number of nitrogens with one attached hydrogen (secondary N) is 1. The second-order valence-corrected chi connectivity index (χ2v) is 5.27. The number of benzene rings is 1. The van der Waals surface area contributed by atoms with Gasteiger partial charge in [0, 0.05) is 7.05 Å². The van der Waals surface area contributed by atoms with Crippen LogP contribution in [0.25, 0.3) is 0 Å². The Morgan fingerprint density at radius 3 is 2.70 bits per heavy atom. The number of aryl methyl sites for hydroxylation is 1. The number of nitrogens with zero attached hydrogens (tertiary/aromatic N) is 3. The highest BCUT2D eigenvalue weighted by molar-refractivity contribution is 9.10. The van der Waals surface area contributed by atoms with Crippen LogP contribution in [0.1, 0.15) is 25.1 Å². The van der Waals surface area contributed by atoms with E-state index in [0.29, 0.717) is 6.61 Å². The molecular weight excluding hydrogens is 320 g/mol. The second kappa shape index (κ2) is 7.40. The highest BCUT2D eigenvalue weighted by Gasteiger charge is 2.20. The van der Waals surface area contributed by atoms with Gasteiger partial charge >= 0.3 is 0 Å². The molecule has 0 bridgehead atoms. The molecule has 1 aromatic carbocycles. The van der Waals surface area contributed by atoms with Gasteiger partial charge in [0.05, 0.1) is 11.7 Å². The number of hydrogen-bond acceptors (Lipinski definition) is 4. The zero-order chi connectivity index (χ0) is 14.4. The Kier molecular flexibility index (Phi) is 5.55. The van der Waals surface area contributed by atoms with E-state index in [2.05, 4.69) is 38.5 Å². The smallest absolute Gasteiger partial charge is 0.153 e. The number of hydrogen-bond donors (Lipinski definition) is 1. The molecule has 1 atom stereocenters. The lowest BCUT2D eigenvalue weighted by molar-refractivity contribution is 0.260. The monoisotopic (exact) mass is 338 g/mol. The molecule has 0 amide bonds. The molecule has 0 aliphatic rings. The molecule has 0 fully saturated rings. The van der Waals surface area contributed by atoms with Gasteiger partial charge < -0.3 is 10.1 Å². The van der Waals surface area contributed by atoms with Crippen LogP contribution in [0, 0.1) is 0 Å². The molecule has 1 heterocycles. The first-order chi connectivity index (χ1) is 9.72. The first kappa shape index (κ1) is 15.0. The van der Waals surface area contributed by atoms with Crippen molar-refractivity contribution in [2.75, 3.05) is 13.2 Å². The van der Waals surface area contributed by atoms with Gasteiger partial charge in [-0.25, -0.2) is 4.68 Å². The van der Waals surface area contributed by atoms with Gasteiger partial charge in [-0.3, -0.25) is 0 Å². The first-order valence-electron chi connectivity index (χ1n) is 6.68. The Labute approximate surface area is 127 Å². The van der Waals surface area contributed by atoms with Gasteiger partial charge in [-0.1, -0.05) is 30.3 Å². The van der Waals surface area contributed by atoms with Crippen LogP contribution >= 0.6 is 15.9 Å². The standard InChI is InChI=1S/C14H19BrN4O/c1-3-9-16-12(13-14(15)17-18-19(13)2)10-20-11-7-5-4-6-8-11/h4-8,12,16H,3,9-10H2,1-2H3. The van der Waals surface area contributed by atoms with Gasteiger partial charge in [0.15, 0.2) is 4.60 Å². The molecule has 6 heteroatoms. The molecule has 108 valence electrons. The van der Waals surface area contributed by atoms with Crippen LogP contribution in [0.3, 0.4) is 0 Å². The normalized spacial score (nSPS) is 12.3. The molecule has 0 aliphatic heterocycles. The van der Waals surface area contributed by atoms with Crippen molar-refractivity contribution < 1.29 is 4.74 Å². The highest BCUT2D eigenvalue weighted by Crippen LogP contribution is 2.21. The Morgan fingerprint density at radius 2 is 2.10 bits per heavy atom. The largest absolute Gasteiger partial charge is 0.492 e. The highest BCUT2D eigenvalue weighted by atomic mass is 79.9. The van der Waals surface area contributed by atoms with Crippen molar-refractivity contribution in [3.05, 3.63) is 40.6 Å². The molecule has 20 heavy (non-hydrogen) atoms. The molecule has 2 rings (SSSR count). The van der Waals surface area contributed by atoms with Crippen LogP contribution in [0.4, 0.5) is 0 Å². The van der Waals surface area contributed by atoms with Crippen molar-refractivity contribution in [1.29, 1.82) is 0 Å². The van der Waals surface area contributed by atoms with Crippen molar-refractivity contribution in [2.24, 2.45) is 7.05 Å². The summed E-state index contributed by atoms with van der Waals surface area (Å²) in [4.78, 5) is 0. The number of aromatic nitrogens is 3. The molecular formula is C14H19BrN4O. The fourth-order valence-electron chi connectivity index (χ4n) is 1.96. The van der Waals surface area contributed by atoms with Crippen molar-refractivity contribution in [3.8, 4) is 5.75 Å². The topological polar surface area (TPSA) is 52.0 Å². The van der Waals surface area contributed by atoms with Crippen molar-refractivity contribution >= 4 is 15.9 Å². The van der Waals surface area contributed by atoms with E-state index >= 15 is 0 Å². The second-order valence-electron chi connectivity index (χ2n) is 4.52. The molecule has 1 unspecified atom stereocenters. The fraction of sp³-hybridized carbons (Fsp3) is 0.429. The maximum atomic E-state index is 5.85. The van der Waals surface area contributed by atoms with Crippen LogP contribution in [0.15, 0.2) is 34.9 Å². The van der Waals surface area contributed by atoms with E-state index < -0.39 is 0 Å². The summed E-state index contributed by atoms with van der Waals surface area (Å²) in [6.45, 7) is 3.59. The molecule has 0 aliphatic carbocycles. The quantitative estimate of drug-likeness (QED) is 0.843. The number of halogens is 1. The molecule has 0 spiro atoms. The van der Waals surface area contributed by atoms with Gasteiger partial charge in [-0.05, 0) is 41.0 Å². The maximum Gasteiger partial charge on any atom is 0.153 e. The lowest BCUT2D eigenvalue weighted by Gasteiger charge is -2.19. The minimum atomic E-state index is 0.0459. The van der Waals surface area contributed by atoms with E-state index in [9.17, 15) is 0 Å². The molecule has 5 nitrogen and oxygen atoms in total.